The standard InChI is InChI=1S/C36H44Cl2N6O8S/c1-23(2)50-34(47)43(17-16-41(9)33(46)52-36(6,7)8)31-13-12-30(39-40-31)42-15-14-24-18-27(10-11-29(24)42)44(22-32(45)51-35(3,4)5)53(48,49)28-20-25(37)19-26(38)21-28/h10-15,18-20,28H,1,16-17,21-22H2,2-9H3. The van der Waals surface area contributed by atoms with Crippen molar-refractivity contribution in [3.63, 3.8) is 0 Å². The molecule has 2 amide bonds. The molecule has 0 saturated carbocycles. The number of benzene rings is 1. The summed E-state index contributed by atoms with van der Waals surface area (Å²) in [5, 5.41) is 8.58. The average molecular weight is 792 g/mol. The molecule has 0 bridgehead atoms. The number of ether oxygens (including phenoxy) is 3. The maximum Gasteiger partial charge on any atom is 0.420 e. The fraction of sp³-hybridized carbons (Fsp3) is 0.417. The molecule has 53 heavy (non-hydrogen) atoms. The van der Waals surface area contributed by atoms with Crippen molar-refractivity contribution in [3.05, 3.63) is 77.1 Å². The Kier molecular flexibility index (Phi) is 12.6. The third-order valence-electron chi connectivity index (χ3n) is 7.39. The Morgan fingerprint density at radius 2 is 1.64 bits per heavy atom. The largest absolute Gasteiger partial charge is 0.459 e. The number of fused-ring (bicyclic) bond motifs is 1. The molecule has 1 aromatic carbocycles. The molecule has 286 valence electrons. The molecule has 0 fully saturated rings. The van der Waals surface area contributed by atoms with E-state index in [9.17, 15) is 22.8 Å². The zero-order valence-electron chi connectivity index (χ0n) is 30.9. The topological polar surface area (TPSA) is 153 Å². The zero-order chi connectivity index (χ0) is 39.5. The van der Waals surface area contributed by atoms with Crippen LogP contribution in [-0.2, 0) is 29.0 Å². The molecule has 17 heteroatoms. The van der Waals surface area contributed by atoms with Crippen molar-refractivity contribution < 1.29 is 37.0 Å². The minimum atomic E-state index is -4.22. The number of rotatable bonds is 11. The second kappa shape index (κ2) is 16.2. The van der Waals surface area contributed by atoms with Crippen LogP contribution in [0.1, 0.15) is 54.9 Å². The number of anilines is 2. The van der Waals surface area contributed by atoms with E-state index in [0.717, 1.165) is 4.31 Å². The Balaban J connectivity index is 1.64. The highest BCUT2D eigenvalue weighted by atomic mass is 35.5. The number of nitrogens with zero attached hydrogens (tertiary/aromatic N) is 6. The summed E-state index contributed by atoms with van der Waals surface area (Å²) in [7, 11) is -2.67. The van der Waals surface area contributed by atoms with E-state index < -0.39 is 51.2 Å². The summed E-state index contributed by atoms with van der Waals surface area (Å²) < 4.78 is 46.9. The van der Waals surface area contributed by atoms with Gasteiger partial charge in [-0.15, -0.1) is 10.2 Å². The summed E-state index contributed by atoms with van der Waals surface area (Å²) >= 11 is 12.4. The van der Waals surface area contributed by atoms with E-state index in [-0.39, 0.29) is 46.8 Å². The molecule has 0 N–H and O–H groups in total. The van der Waals surface area contributed by atoms with Crippen molar-refractivity contribution in [1.29, 1.82) is 0 Å². The second-order valence-electron chi connectivity index (χ2n) is 14.3. The molecule has 2 heterocycles. The van der Waals surface area contributed by atoms with Crippen LogP contribution in [0.25, 0.3) is 16.7 Å². The Bertz CT molecular complexity index is 2050. The normalized spacial score (nSPS) is 14.9. The Morgan fingerprint density at radius 1 is 0.962 bits per heavy atom. The van der Waals surface area contributed by atoms with E-state index in [0.29, 0.717) is 16.7 Å². The maximum absolute atomic E-state index is 14.0. The lowest BCUT2D eigenvalue weighted by Gasteiger charge is -2.30. The third kappa shape index (κ3) is 11.0. The first kappa shape index (κ1) is 41.2. The second-order valence-corrected chi connectivity index (χ2v) is 17.3. The van der Waals surface area contributed by atoms with Crippen LogP contribution in [0.15, 0.2) is 77.1 Å². The number of aromatic nitrogens is 3. The van der Waals surface area contributed by atoms with Crippen LogP contribution in [0.2, 0.25) is 0 Å². The fourth-order valence-corrected chi connectivity index (χ4v) is 7.64. The van der Waals surface area contributed by atoms with Crippen LogP contribution in [-0.4, -0.2) is 89.4 Å². The van der Waals surface area contributed by atoms with Crippen LogP contribution >= 0.6 is 23.2 Å². The van der Waals surface area contributed by atoms with E-state index in [1.807, 2.05) is 0 Å². The Labute approximate surface area is 319 Å². The van der Waals surface area contributed by atoms with Gasteiger partial charge in [0.05, 0.1) is 17.0 Å². The number of allylic oxidation sites excluding steroid dienone is 4. The van der Waals surface area contributed by atoms with Crippen molar-refractivity contribution in [3.8, 4) is 5.82 Å². The van der Waals surface area contributed by atoms with Gasteiger partial charge >= 0.3 is 18.2 Å². The minimum absolute atomic E-state index is 0.0129. The number of amides is 2. The van der Waals surface area contributed by atoms with Crippen LogP contribution in [0.4, 0.5) is 21.1 Å². The highest BCUT2D eigenvalue weighted by molar-refractivity contribution is 7.93. The monoisotopic (exact) mass is 790 g/mol. The highest BCUT2D eigenvalue weighted by Gasteiger charge is 2.36. The molecule has 2 aromatic heterocycles. The van der Waals surface area contributed by atoms with Crippen molar-refractivity contribution in [2.24, 2.45) is 0 Å². The van der Waals surface area contributed by atoms with Gasteiger partial charge in [-0.2, -0.15) is 0 Å². The summed E-state index contributed by atoms with van der Waals surface area (Å²) in [6.45, 7) is 15.0. The van der Waals surface area contributed by atoms with Gasteiger partial charge in [-0.25, -0.2) is 18.0 Å². The number of halogens is 2. The highest BCUT2D eigenvalue weighted by Crippen LogP contribution is 2.33. The summed E-state index contributed by atoms with van der Waals surface area (Å²) in [5.41, 5.74) is -0.668. The quantitative estimate of drug-likeness (QED) is 0.110. The van der Waals surface area contributed by atoms with E-state index >= 15 is 0 Å². The maximum atomic E-state index is 14.0. The van der Waals surface area contributed by atoms with Gasteiger partial charge in [-0.05, 0) is 97.0 Å². The van der Waals surface area contributed by atoms with Crippen LogP contribution in [0.3, 0.4) is 0 Å². The number of carbonyl (C=O) groups excluding carboxylic acids is 3. The lowest BCUT2D eigenvalue weighted by molar-refractivity contribution is -0.152. The molecule has 0 spiro atoms. The number of carbonyl (C=O) groups is 3. The molecule has 0 aliphatic heterocycles. The van der Waals surface area contributed by atoms with Crippen molar-refractivity contribution in [2.75, 3.05) is 35.9 Å². The van der Waals surface area contributed by atoms with E-state index in [4.69, 9.17) is 37.4 Å². The molecule has 4 rings (SSSR count). The lowest BCUT2D eigenvalue weighted by atomic mass is 10.2. The van der Waals surface area contributed by atoms with Gasteiger partial charge in [0.25, 0.3) is 0 Å². The number of esters is 1. The first-order valence-electron chi connectivity index (χ1n) is 16.5. The molecule has 0 saturated heterocycles. The zero-order valence-corrected chi connectivity index (χ0v) is 33.3. The molecule has 1 unspecified atom stereocenters. The smallest absolute Gasteiger partial charge is 0.420 e. The average Bonchev–Trinajstić information content (AvgIpc) is 3.45. The van der Waals surface area contributed by atoms with Gasteiger partial charge in [0.1, 0.15) is 23.0 Å². The minimum Gasteiger partial charge on any atom is -0.459 e. The van der Waals surface area contributed by atoms with E-state index in [2.05, 4.69) is 16.8 Å². The van der Waals surface area contributed by atoms with Gasteiger partial charge in [0.15, 0.2) is 11.6 Å². The Hall–Kier alpha value is -4.60. The van der Waals surface area contributed by atoms with Gasteiger partial charge in [0.2, 0.25) is 10.0 Å². The molecule has 3 aromatic rings. The summed E-state index contributed by atoms with van der Waals surface area (Å²) in [6.07, 6.45) is 3.27. The molecular weight excluding hydrogens is 747 g/mol. The predicted molar refractivity (Wildman–Crippen MR) is 205 cm³/mol. The molecule has 1 aliphatic rings. The first-order chi connectivity index (χ1) is 24.5. The number of likely N-dealkylation sites (N-methyl/N-ethyl adjacent to an activating group) is 1. The Morgan fingerprint density at radius 3 is 2.23 bits per heavy atom. The van der Waals surface area contributed by atoms with Crippen LogP contribution < -0.4 is 9.21 Å². The summed E-state index contributed by atoms with van der Waals surface area (Å²) in [4.78, 5) is 41.1. The molecule has 0 radical (unpaired) electrons. The summed E-state index contributed by atoms with van der Waals surface area (Å²) in [5.74, 6) is -0.0250. The molecule has 1 atom stereocenters. The third-order valence-corrected chi connectivity index (χ3v) is 9.91. The van der Waals surface area contributed by atoms with Crippen LogP contribution in [0.5, 0.6) is 0 Å². The van der Waals surface area contributed by atoms with Gasteiger partial charge in [-0.3, -0.25) is 18.6 Å². The van der Waals surface area contributed by atoms with Gasteiger partial charge in [0, 0.05) is 48.2 Å². The molecule has 14 nitrogen and oxygen atoms in total. The predicted octanol–water partition coefficient (Wildman–Crippen LogP) is 7.26. The SMILES string of the molecule is C=C(C)OC(=O)N(CCN(C)C(=O)OC(C)(C)C)c1ccc(-n2ccc3cc(N(CC(=O)OC(C)(C)C)S(=O)(=O)C4C=C(Cl)C=C(Cl)C4)ccc32)nn1. The number of hydrogen-bond donors (Lipinski definition) is 0. The van der Waals surface area contributed by atoms with Gasteiger partial charge in [-0.1, -0.05) is 29.8 Å². The lowest BCUT2D eigenvalue weighted by Crippen LogP contribution is -2.43. The van der Waals surface area contributed by atoms with E-state index in [1.54, 1.807) is 95.8 Å². The van der Waals surface area contributed by atoms with Crippen molar-refractivity contribution in [1.82, 2.24) is 19.7 Å². The van der Waals surface area contributed by atoms with Gasteiger partial charge < -0.3 is 19.1 Å². The molecular formula is C36H44Cl2N6O8S. The number of sulfonamides is 1. The fourth-order valence-electron chi connectivity index (χ4n) is 5.12. The van der Waals surface area contributed by atoms with Crippen molar-refractivity contribution in [2.45, 2.75) is 71.3 Å². The molecule has 1 aliphatic carbocycles. The van der Waals surface area contributed by atoms with Crippen LogP contribution in [0, 0.1) is 0 Å². The summed E-state index contributed by atoms with van der Waals surface area (Å²) in [6, 6.07) is 9.88. The van der Waals surface area contributed by atoms with E-state index in [1.165, 1.54) is 28.9 Å². The number of hydrogen-bond acceptors (Lipinski definition) is 10. The van der Waals surface area contributed by atoms with Crippen molar-refractivity contribution >= 4 is 73.8 Å². The first-order valence-corrected chi connectivity index (χ1v) is 18.8.